The Morgan fingerprint density at radius 1 is 0.655 bits per heavy atom. The fraction of sp³-hybridized carbons (Fsp3) is 0.333. The molecular formula is C27H36O2. The highest BCUT2D eigenvalue weighted by atomic mass is 16.3. The Kier molecular flexibility index (Phi) is 13.2. The molecule has 0 fully saturated rings. The molecule has 3 aromatic carbocycles. The minimum atomic E-state index is -0.291. The molecule has 0 saturated heterocycles. The average Bonchev–Trinajstić information content (AvgIpc) is 2.76. The second-order valence-electron chi connectivity index (χ2n) is 7.11. The van der Waals surface area contributed by atoms with Crippen molar-refractivity contribution in [3.05, 3.63) is 108 Å². The number of hydrogen-bond donors (Lipinski definition) is 2. The normalized spacial score (nSPS) is 11.9. The Morgan fingerprint density at radius 3 is 1.52 bits per heavy atom. The summed E-state index contributed by atoms with van der Waals surface area (Å²) < 4.78 is 0. The van der Waals surface area contributed by atoms with Crippen LogP contribution in [-0.2, 0) is 12.8 Å². The second kappa shape index (κ2) is 15.5. The molecule has 2 heteroatoms. The van der Waals surface area contributed by atoms with Gasteiger partial charge in [0.15, 0.2) is 0 Å². The number of aryl methyl sites for hydroxylation is 1. The quantitative estimate of drug-likeness (QED) is 0.511. The van der Waals surface area contributed by atoms with Gasteiger partial charge in [-0.05, 0) is 42.9 Å². The van der Waals surface area contributed by atoms with Crippen molar-refractivity contribution in [3.63, 3.8) is 0 Å². The van der Waals surface area contributed by atoms with E-state index in [9.17, 15) is 5.11 Å². The van der Waals surface area contributed by atoms with Crippen LogP contribution in [0.2, 0.25) is 0 Å². The van der Waals surface area contributed by atoms with Crippen molar-refractivity contribution in [3.8, 4) is 0 Å². The molecule has 0 amide bonds. The van der Waals surface area contributed by atoms with Gasteiger partial charge in [0.1, 0.15) is 0 Å². The maximum atomic E-state index is 9.33. The fourth-order valence-corrected chi connectivity index (χ4v) is 2.80. The standard InChI is InChI=1S/2C9H12O.C9H12/c1-8(10)7-9-5-3-2-4-6-9;1-2-9(10)8-6-4-3-5-7-8;1-2-6-9-7-4-3-5-8-9/h2-6,8,10H,7H2,1H3;3-7,9-10H,2H2,1H3;3-5,7-8H,2,6H2,1H3. The maximum Gasteiger partial charge on any atom is 0.0787 e. The van der Waals surface area contributed by atoms with Gasteiger partial charge in [-0.1, -0.05) is 111 Å². The lowest BCUT2D eigenvalue weighted by molar-refractivity contribution is 0.173. The lowest BCUT2D eigenvalue weighted by atomic mass is 10.1. The summed E-state index contributed by atoms with van der Waals surface area (Å²) in [5.41, 5.74) is 3.64. The van der Waals surface area contributed by atoms with Crippen molar-refractivity contribution in [2.45, 2.75) is 58.7 Å². The Hall–Kier alpha value is -2.42. The zero-order valence-corrected chi connectivity index (χ0v) is 18.0. The largest absolute Gasteiger partial charge is 0.393 e. The van der Waals surface area contributed by atoms with Gasteiger partial charge in [-0.2, -0.15) is 0 Å². The zero-order chi connectivity index (χ0) is 21.3. The van der Waals surface area contributed by atoms with Crippen LogP contribution in [0.3, 0.4) is 0 Å². The van der Waals surface area contributed by atoms with Crippen LogP contribution in [0.4, 0.5) is 0 Å². The van der Waals surface area contributed by atoms with Crippen LogP contribution in [0, 0.1) is 0 Å². The molecule has 0 bridgehead atoms. The number of rotatable bonds is 6. The predicted molar refractivity (Wildman–Crippen MR) is 124 cm³/mol. The topological polar surface area (TPSA) is 40.5 Å². The molecule has 0 heterocycles. The third-order valence-corrected chi connectivity index (χ3v) is 4.33. The molecule has 2 nitrogen and oxygen atoms in total. The second-order valence-corrected chi connectivity index (χ2v) is 7.11. The summed E-state index contributed by atoms with van der Waals surface area (Å²) >= 11 is 0. The van der Waals surface area contributed by atoms with E-state index in [0.717, 1.165) is 18.4 Å². The molecule has 0 saturated carbocycles. The summed E-state index contributed by atoms with van der Waals surface area (Å²) in [7, 11) is 0. The van der Waals surface area contributed by atoms with Gasteiger partial charge in [0.2, 0.25) is 0 Å². The van der Waals surface area contributed by atoms with E-state index in [1.807, 2.05) is 67.6 Å². The molecule has 0 aliphatic rings. The van der Waals surface area contributed by atoms with Crippen LogP contribution in [0.15, 0.2) is 91.0 Å². The van der Waals surface area contributed by atoms with Gasteiger partial charge in [0.25, 0.3) is 0 Å². The molecule has 0 aromatic heterocycles. The predicted octanol–water partition coefficient (Wildman–Crippen LogP) is 6.38. The van der Waals surface area contributed by atoms with E-state index in [4.69, 9.17) is 5.11 Å². The monoisotopic (exact) mass is 392 g/mol. The van der Waals surface area contributed by atoms with Gasteiger partial charge in [0.05, 0.1) is 12.2 Å². The molecule has 2 N–H and O–H groups in total. The molecule has 156 valence electrons. The van der Waals surface area contributed by atoms with Crippen molar-refractivity contribution >= 4 is 0 Å². The van der Waals surface area contributed by atoms with E-state index in [1.165, 1.54) is 24.0 Å². The summed E-state index contributed by atoms with van der Waals surface area (Å²) in [4.78, 5) is 0. The molecule has 0 aliphatic carbocycles. The molecule has 0 spiro atoms. The summed E-state index contributed by atoms with van der Waals surface area (Å²) in [5, 5.41) is 18.3. The number of benzene rings is 3. The Bertz CT molecular complexity index is 724. The average molecular weight is 393 g/mol. The van der Waals surface area contributed by atoms with E-state index in [0.29, 0.717) is 0 Å². The van der Waals surface area contributed by atoms with Crippen LogP contribution >= 0.6 is 0 Å². The van der Waals surface area contributed by atoms with Crippen LogP contribution in [0.25, 0.3) is 0 Å². The molecule has 2 atom stereocenters. The van der Waals surface area contributed by atoms with Gasteiger partial charge < -0.3 is 10.2 Å². The minimum absolute atomic E-state index is 0.234. The van der Waals surface area contributed by atoms with Crippen molar-refractivity contribution in [2.24, 2.45) is 0 Å². The summed E-state index contributed by atoms with van der Waals surface area (Å²) in [5.74, 6) is 0. The highest BCUT2D eigenvalue weighted by molar-refractivity contribution is 5.17. The van der Waals surface area contributed by atoms with Crippen molar-refractivity contribution in [2.75, 3.05) is 0 Å². The van der Waals surface area contributed by atoms with Crippen LogP contribution in [-0.4, -0.2) is 16.3 Å². The smallest absolute Gasteiger partial charge is 0.0787 e. The van der Waals surface area contributed by atoms with Gasteiger partial charge in [0, 0.05) is 0 Å². The summed E-state index contributed by atoms with van der Waals surface area (Å²) in [6.45, 7) is 5.97. The lowest BCUT2D eigenvalue weighted by Gasteiger charge is -2.05. The number of hydrogen-bond acceptors (Lipinski definition) is 2. The van der Waals surface area contributed by atoms with Crippen LogP contribution < -0.4 is 0 Å². The first kappa shape index (κ1) is 24.6. The van der Waals surface area contributed by atoms with E-state index >= 15 is 0 Å². The van der Waals surface area contributed by atoms with E-state index in [2.05, 4.69) is 37.3 Å². The molecule has 0 aliphatic heterocycles. The third kappa shape index (κ3) is 11.9. The molecule has 29 heavy (non-hydrogen) atoms. The highest BCUT2D eigenvalue weighted by Crippen LogP contribution is 2.14. The highest BCUT2D eigenvalue weighted by Gasteiger charge is 2.00. The molecular weight excluding hydrogens is 356 g/mol. The van der Waals surface area contributed by atoms with Crippen molar-refractivity contribution < 1.29 is 10.2 Å². The van der Waals surface area contributed by atoms with Crippen molar-refractivity contribution in [1.82, 2.24) is 0 Å². The Balaban J connectivity index is 0.000000218. The summed E-state index contributed by atoms with van der Waals surface area (Å²) in [6.07, 6.45) is 3.46. The van der Waals surface area contributed by atoms with E-state index in [1.54, 1.807) is 6.92 Å². The molecule has 3 aromatic rings. The molecule has 3 rings (SSSR count). The molecule has 2 unspecified atom stereocenters. The lowest BCUT2D eigenvalue weighted by Crippen LogP contribution is -2.03. The first-order valence-corrected chi connectivity index (χ1v) is 10.6. The Morgan fingerprint density at radius 2 is 1.10 bits per heavy atom. The third-order valence-electron chi connectivity index (χ3n) is 4.33. The van der Waals surface area contributed by atoms with Crippen molar-refractivity contribution in [1.29, 1.82) is 0 Å². The Labute approximate surface area is 176 Å². The first-order valence-electron chi connectivity index (χ1n) is 10.6. The maximum absolute atomic E-state index is 9.33. The van der Waals surface area contributed by atoms with Gasteiger partial charge >= 0.3 is 0 Å². The van der Waals surface area contributed by atoms with Gasteiger partial charge in [-0.3, -0.25) is 0 Å². The van der Waals surface area contributed by atoms with E-state index < -0.39 is 0 Å². The SMILES string of the molecule is CC(O)Cc1ccccc1.CCC(O)c1ccccc1.CCCc1ccccc1. The van der Waals surface area contributed by atoms with Crippen LogP contribution in [0.1, 0.15) is 56.4 Å². The number of aliphatic hydroxyl groups excluding tert-OH is 2. The first-order chi connectivity index (χ1) is 14.1. The fourth-order valence-electron chi connectivity index (χ4n) is 2.80. The summed E-state index contributed by atoms with van der Waals surface area (Å²) in [6, 6.07) is 30.3. The van der Waals surface area contributed by atoms with Crippen LogP contribution in [0.5, 0.6) is 0 Å². The number of aliphatic hydroxyl groups is 2. The zero-order valence-electron chi connectivity index (χ0n) is 18.0. The van der Waals surface area contributed by atoms with E-state index in [-0.39, 0.29) is 12.2 Å². The minimum Gasteiger partial charge on any atom is -0.393 e. The van der Waals surface area contributed by atoms with Gasteiger partial charge in [-0.25, -0.2) is 0 Å². The van der Waals surface area contributed by atoms with Gasteiger partial charge in [-0.15, -0.1) is 0 Å². The molecule has 0 radical (unpaired) electrons.